The van der Waals surface area contributed by atoms with Crippen LogP contribution in [-0.2, 0) is 11.3 Å². The standard InChI is InChI=1S/C17H20FN3O2S/c18-13-5-4-6-15(9-13)23-11-16(22)20-17-19-14(12-24-17)10-21-7-2-1-3-8-21/h4-6,9,12H,1-3,7-8,10-11H2,(H,19,20,22). The van der Waals surface area contributed by atoms with Crippen molar-refractivity contribution in [1.29, 1.82) is 0 Å². The molecule has 1 fully saturated rings. The number of amides is 1. The number of hydrogen-bond donors (Lipinski definition) is 1. The van der Waals surface area contributed by atoms with Crippen molar-refractivity contribution in [1.82, 2.24) is 9.88 Å². The number of thiazole rings is 1. The summed E-state index contributed by atoms with van der Waals surface area (Å²) in [4.78, 5) is 18.7. The Hall–Kier alpha value is -1.99. The Morgan fingerprint density at radius 1 is 1.33 bits per heavy atom. The SMILES string of the molecule is O=C(COc1cccc(F)c1)Nc1nc(CN2CCCCC2)cs1. The summed E-state index contributed by atoms with van der Waals surface area (Å²) in [6.45, 7) is 2.87. The van der Waals surface area contributed by atoms with E-state index in [1.807, 2.05) is 5.38 Å². The lowest BCUT2D eigenvalue weighted by atomic mass is 10.1. The summed E-state index contributed by atoms with van der Waals surface area (Å²) in [6.07, 6.45) is 3.79. The first-order valence-electron chi connectivity index (χ1n) is 8.04. The molecule has 2 heterocycles. The molecule has 1 N–H and O–H groups in total. The maximum atomic E-state index is 13.0. The van der Waals surface area contributed by atoms with Gasteiger partial charge in [-0.3, -0.25) is 15.0 Å². The van der Waals surface area contributed by atoms with Gasteiger partial charge >= 0.3 is 0 Å². The lowest BCUT2D eigenvalue weighted by Crippen LogP contribution is -2.29. The highest BCUT2D eigenvalue weighted by Crippen LogP contribution is 2.19. The molecule has 1 saturated heterocycles. The second-order valence-corrected chi connectivity index (χ2v) is 6.63. The van der Waals surface area contributed by atoms with Crippen LogP contribution in [0.2, 0.25) is 0 Å². The molecule has 1 aromatic carbocycles. The highest BCUT2D eigenvalue weighted by Gasteiger charge is 2.13. The lowest BCUT2D eigenvalue weighted by Gasteiger charge is -2.25. The Morgan fingerprint density at radius 2 is 2.17 bits per heavy atom. The number of nitrogens with zero attached hydrogens (tertiary/aromatic N) is 2. The van der Waals surface area contributed by atoms with Crippen LogP contribution in [0.3, 0.4) is 0 Å². The molecule has 1 aliphatic heterocycles. The predicted molar refractivity (Wildman–Crippen MR) is 91.8 cm³/mol. The number of benzene rings is 1. The van der Waals surface area contributed by atoms with Crippen molar-refractivity contribution >= 4 is 22.4 Å². The molecular weight excluding hydrogens is 329 g/mol. The van der Waals surface area contributed by atoms with E-state index in [4.69, 9.17) is 4.74 Å². The van der Waals surface area contributed by atoms with Crippen molar-refractivity contribution in [3.05, 3.63) is 41.2 Å². The minimum Gasteiger partial charge on any atom is -0.484 e. The van der Waals surface area contributed by atoms with Gasteiger partial charge in [0.25, 0.3) is 5.91 Å². The van der Waals surface area contributed by atoms with E-state index < -0.39 is 5.82 Å². The van der Waals surface area contributed by atoms with Gasteiger partial charge in [0, 0.05) is 18.0 Å². The number of hydrogen-bond acceptors (Lipinski definition) is 5. The Bertz CT molecular complexity index is 686. The Kier molecular flexibility index (Phi) is 5.77. The second-order valence-electron chi connectivity index (χ2n) is 5.78. The molecule has 0 unspecified atom stereocenters. The topological polar surface area (TPSA) is 54.5 Å². The number of piperidine rings is 1. The van der Waals surface area contributed by atoms with Crippen LogP contribution in [0.5, 0.6) is 5.75 Å². The van der Waals surface area contributed by atoms with Gasteiger partial charge in [-0.25, -0.2) is 9.37 Å². The van der Waals surface area contributed by atoms with Gasteiger partial charge in [0.2, 0.25) is 0 Å². The number of carbonyl (C=O) groups is 1. The first kappa shape index (κ1) is 16.9. The fourth-order valence-corrected chi connectivity index (χ4v) is 3.36. The van der Waals surface area contributed by atoms with Crippen molar-refractivity contribution in [3.8, 4) is 5.75 Å². The summed E-state index contributed by atoms with van der Waals surface area (Å²) in [5.41, 5.74) is 0.975. The van der Waals surface area contributed by atoms with Gasteiger partial charge in [-0.2, -0.15) is 0 Å². The molecule has 1 aromatic heterocycles. The summed E-state index contributed by atoms with van der Waals surface area (Å²) in [6, 6.07) is 5.71. The third-order valence-corrected chi connectivity index (χ3v) is 4.60. The first-order valence-corrected chi connectivity index (χ1v) is 8.92. The molecule has 0 atom stereocenters. The minimum absolute atomic E-state index is 0.176. The summed E-state index contributed by atoms with van der Waals surface area (Å²) >= 11 is 1.41. The van der Waals surface area contributed by atoms with Crippen LogP contribution in [0.1, 0.15) is 25.0 Å². The lowest BCUT2D eigenvalue weighted by molar-refractivity contribution is -0.118. The van der Waals surface area contributed by atoms with Crippen molar-refractivity contribution in [2.24, 2.45) is 0 Å². The average Bonchev–Trinajstić information content (AvgIpc) is 3.01. The summed E-state index contributed by atoms with van der Waals surface area (Å²) in [7, 11) is 0. The highest BCUT2D eigenvalue weighted by molar-refractivity contribution is 7.13. The van der Waals surface area contributed by atoms with E-state index in [0.29, 0.717) is 10.9 Å². The van der Waals surface area contributed by atoms with Crippen LogP contribution < -0.4 is 10.1 Å². The summed E-state index contributed by atoms with van der Waals surface area (Å²) in [5, 5.41) is 5.25. The molecule has 1 aliphatic rings. The number of aromatic nitrogens is 1. The normalized spacial score (nSPS) is 15.2. The van der Waals surface area contributed by atoms with Crippen LogP contribution >= 0.6 is 11.3 Å². The van der Waals surface area contributed by atoms with E-state index in [9.17, 15) is 9.18 Å². The van der Waals surface area contributed by atoms with Crippen molar-refractivity contribution in [2.75, 3.05) is 25.0 Å². The maximum absolute atomic E-state index is 13.0. The monoisotopic (exact) mass is 349 g/mol. The second kappa shape index (κ2) is 8.21. The largest absolute Gasteiger partial charge is 0.484 e. The number of rotatable bonds is 6. The molecule has 0 saturated carbocycles. The van der Waals surface area contributed by atoms with E-state index in [1.54, 1.807) is 6.07 Å². The molecule has 5 nitrogen and oxygen atoms in total. The number of anilines is 1. The molecule has 7 heteroatoms. The third kappa shape index (κ3) is 5.01. The van der Waals surface area contributed by atoms with Crippen LogP contribution in [0.15, 0.2) is 29.6 Å². The molecule has 128 valence electrons. The molecule has 1 amide bonds. The highest BCUT2D eigenvalue weighted by atomic mass is 32.1. The molecule has 0 radical (unpaired) electrons. The van der Waals surface area contributed by atoms with Gasteiger partial charge in [-0.15, -0.1) is 11.3 Å². The van der Waals surface area contributed by atoms with E-state index in [-0.39, 0.29) is 12.5 Å². The smallest absolute Gasteiger partial charge is 0.264 e. The number of likely N-dealkylation sites (tertiary alicyclic amines) is 1. The molecule has 2 aromatic rings. The summed E-state index contributed by atoms with van der Waals surface area (Å²) < 4.78 is 18.3. The van der Waals surface area contributed by atoms with Gasteiger partial charge in [-0.05, 0) is 38.1 Å². The minimum atomic E-state index is -0.393. The first-order chi connectivity index (χ1) is 11.7. The zero-order chi connectivity index (χ0) is 16.8. The zero-order valence-electron chi connectivity index (χ0n) is 13.3. The van der Waals surface area contributed by atoms with Gasteiger partial charge in [0.05, 0.1) is 5.69 Å². The van der Waals surface area contributed by atoms with Gasteiger partial charge in [0.1, 0.15) is 11.6 Å². The van der Waals surface area contributed by atoms with Crippen LogP contribution in [0.4, 0.5) is 9.52 Å². The van der Waals surface area contributed by atoms with Crippen molar-refractivity contribution in [3.63, 3.8) is 0 Å². The molecule has 0 bridgehead atoms. The molecule has 0 aliphatic carbocycles. The molecule has 3 rings (SSSR count). The number of carbonyl (C=O) groups excluding carboxylic acids is 1. The van der Waals surface area contributed by atoms with Crippen LogP contribution in [-0.4, -0.2) is 35.5 Å². The van der Waals surface area contributed by atoms with Crippen LogP contribution in [0, 0.1) is 5.82 Å². The zero-order valence-corrected chi connectivity index (χ0v) is 14.2. The quantitative estimate of drug-likeness (QED) is 0.869. The number of ether oxygens (including phenoxy) is 1. The Labute approximate surface area is 144 Å². The van der Waals surface area contributed by atoms with Gasteiger partial charge in [0.15, 0.2) is 11.7 Å². The Balaban J connectivity index is 1.46. The fraction of sp³-hybridized carbons (Fsp3) is 0.412. The van der Waals surface area contributed by atoms with E-state index >= 15 is 0 Å². The van der Waals surface area contributed by atoms with E-state index in [1.165, 1.54) is 48.8 Å². The van der Waals surface area contributed by atoms with Crippen LogP contribution in [0.25, 0.3) is 0 Å². The average molecular weight is 349 g/mol. The Morgan fingerprint density at radius 3 is 2.96 bits per heavy atom. The fourth-order valence-electron chi connectivity index (χ4n) is 2.64. The number of halogens is 1. The van der Waals surface area contributed by atoms with Gasteiger partial charge < -0.3 is 4.74 Å². The molecule has 0 spiro atoms. The molecular formula is C17H20FN3O2S. The van der Waals surface area contributed by atoms with Crippen molar-refractivity contribution in [2.45, 2.75) is 25.8 Å². The number of nitrogens with one attached hydrogen (secondary N) is 1. The van der Waals surface area contributed by atoms with E-state index in [2.05, 4.69) is 15.2 Å². The molecule has 24 heavy (non-hydrogen) atoms. The van der Waals surface area contributed by atoms with Crippen molar-refractivity contribution < 1.29 is 13.9 Å². The van der Waals surface area contributed by atoms with Gasteiger partial charge in [-0.1, -0.05) is 12.5 Å². The third-order valence-electron chi connectivity index (χ3n) is 3.80. The summed E-state index contributed by atoms with van der Waals surface area (Å²) in [5.74, 6) is -0.372. The maximum Gasteiger partial charge on any atom is 0.264 e. The van der Waals surface area contributed by atoms with E-state index in [0.717, 1.165) is 25.3 Å². The predicted octanol–water partition coefficient (Wildman–Crippen LogP) is 3.29.